The van der Waals surface area contributed by atoms with E-state index in [0.29, 0.717) is 0 Å². The van der Waals surface area contributed by atoms with E-state index in [9.17, 15) is 43.5 Å². The molecule has 89 heavy (non-hydrogen) atoms. The van der Waals surface area contributed by atoms with Crippen LogP contribution in [-0.4, -0.2) is 220 Å². The van der Waals surface area contributed by atoms with E-state index in [2.05, 4.69) is 5.32 Å². The number of hydrogen-bond donors (Lipinski definition) is 2. The number of aliphatic hydroxyl groups is 1. The number of nitrogens with zero attached hydrogens (tertiary/aromatic N) is 7. The van der Waals surface area contributed by atoms with Gasteiger partial charge < -0.3 is 49.5 Å². The molecule has 0 aromatic rings. The van der Waals surface area contributed by atoms with Crippen molar-refractivity contribution in [2.45, 2.75) is 230 Å². The molecule has 0 radical (unpaired) electrons. The average molecular weight is 1260 g/mol. The first-order valence-corrected chi connectivity index (χ1v) is 32.2. The quantitative estimate of drug-likeness (QED) is 0.131. The number of likely N-dealkylation sites (N-methyl/N-ethyl adjacent to an activating group) is 7. The summed E-state index contributed by atoms with van der Waals surface area (Å²) in [6.45, 7) is 30.2. The molecule has 508 valence electrons. The summed E-state index contributed by atoms with van der Waals surface area (Å²) in [4.78, 5) is 184. The Bertz CT molecular complexity index is 2480. The lowest BCUT2D eigenvalue weighted by atomic mass is 9.83. The molecule has 0 aromatic heterocycles. The first kappa shape index (κ1) is 81.0. The van der Waals surface area contributed by atoms with Crippen LogP contribution in [-0.2, 0) is 62.3 Å². The van der Waals surface area contributed by atoms with Crippen LogP contribution in [0.25, 0.3) is 0 Å². The predicted octanol–water partition coefficient (Wildman–Crippen LogP) is 6.08. The second-order valence-electron chi connectivity index (χ2n) is 27.5. The number of ketones is 3. The number of Topliss-reactive ketones (excluding diaryl/α,β-unsaturated/α-hetero) is 3. The van der Waals surface area contributed by atoms with Crippen LogP contribution >= 0.6 is 0 Å². The standard InChI is InChI=1S/C67H116N8O14/c1-26-28-29-42(13)59(89-47(18)77)58-60(81)68-49(27-2)64(85)69(19)46(17)62(83)74(24)57(45(16)36-76)55(80)35-48(40(9)10)63(84)70(20)50(30-37(3)4)54(79)33-43(14)53(78)34-44(15)61(82)71(21)51(31-38(5)6)65(86)72(22)52(32-39(7)8)66(87)73(23)56(41(11)12)67(88)75(58)25/h26,28,37-46,48-52,56-59,76H,27,29-36H2,1-25H3,(H,68,81)/b28-26+/t42-,43-,44+,45+,46-,48+,49+,50+,51+,52+,56+,57+,58+,59-/m1/s1. The van der Waals surface area contributed by atoms with Crippen molar-refractivity contribution in [3.8, 4) is 0 Å². The highest BCUT2D eigenvalue weighted by Crippen LogP contribution is 2.30. The molecular weight excluding hydrogens is 1140 g/mol. The maximum Gasteiger partial charge on any atom is 0.303 e. The van der Waals surface area contributed by atoms with E-state index in [4.69, 9.17) is 4.74 Å². The molecule has 8 amide bonds. The summed E-state index contributed by atoms with van der Waals surface area (Å²) in [5, 5.41) is 13.3. The number of rotatable bonds is 16. The Morgan fingerprint density at radius 3 is 1.43 bits per heavy atom. The zero-order chi connectivity index (χ0) is 69.1. The predicted molar refractivity (Wildman–Crippen MR) is 343 cm³/mol. The number of amides is 8. The molecule has 22 nitrogen and oxygen atoms in total. The first-order valence-electron chi connectivity index (χ1n) is 32.2. The summed E-state index contributed by atoms with van der Waals surface area (Å²) in [7, 11) is 9.97. The van der Waals surface area contributed by atoms with Gasteiger partial charge in [-0.1, -0.05) is 116 Å². The first-order chi connectivity index (χ1) is 41.1. The molecule has 1 saturated heterocycles. The Hall–Kier alpha value is -6.06. The van der Waals surface area contributed by atoms with Crippen LogP contribution in [0.2, 0.25) is 0 Å². The zero-order valence-electron chi connectivity index (χ0n) is 58.9. The lowest BCUT2D eigenvalue weighted by molar-refractivity contribution is -0.164. The fourth-order valence-corrected chi connectivity index (χ4v) is 12.1. The van der Waals surface area contributed by atoms with Gasteiger partial charge in [0, 0.05) is 106 Å². The normalized spacial score (nSPS) is 27.6. The van der Waals surface area contributed by atoms with Gasteiger partial charge in [-0.05, 0) is 81.5 Å². The molecule has 0 saturated carbocycles. The largest absolute Gasteiger partial charge is 0.459 e. The second kappa shape index (κ2) is 36.7. The third-order valence-electron chi connectivity index (χ3n) is 17.8. The van der Waals surface area contributed by atoms with Crippen molar-refractivity contribution in [1.82, 2.24) is 39.6 Å². The number of aliphatic hydroxyl groups excluding tert-OH is 1. The van der Waals surface area contributed by atoms with Crippen molar-refractivity contribution in [3.05, 3.63) is 12.2 Å². The number of hydrogen-bond acceptors (Lipinski definition) is 14. The van der Waals surface area contributed by atoms with Crippen molar-refractivity contribution < 1.29 is 67.4 Å². The minimum absolute atomic E-state index is 0.0266. The maximum absolute atomic E-state index is 15.4. The van der Waals surface area contributed by atoms with E-state index in [1.165, 1.54) is 82.8 Å². The van der Waals surface area contributed by atoms with E-state index >= 15 is 19.2 Å². The Morgan fingerprint density at radius 1 is 0.528 bits per heavy atom. The molecule has 1 aliphatic heterocycles. The molecule has 14 atom stereocenters. The van der Waals surface area contributed by atoms with Gasteiger partial charge >= 0.3 is 5.97 Å². The van der Waals surface area contributed by atoms with Crippen LogP contribution < -0.4 is 5.32 Å². The minimum atomic E-state index is -1.62. The molecule has 1 heterocycles. The van der Waals surface area contributed by atoms with Gasteiger partial charge in [0.15, 0.2) is 11.6 Å². The minimum Gasteiger partial charge on any atom is -0.459 e. The van der Waals surface area contributed by atoms with Crippen LogP contribution in [0, 0.1) is 59.2 Å². The SMILES string of the molecule is C/C=C/C[C@@H](C)[C@@H](OC(C)=O)[C@H]1C(=O)N[C@@H](CC)C(=O)N(C)[C@H](C)C(=O)N(C)[C@@H]([C@@H](C)CO)C(=O)C[C@@H](C(C)C)C(=O)N(C)[C@@H](CC(C)C)C(=O)C[C@@H](C)C(=O)C[C@H](C)C(=O)N(C)[C@@H](CC(C)C)C(=O)N(C)[C@@H](CC(C)C)C(=O)N(C)[C@@H](C(C)C)C(=O)N1C. The van der Waals surface area contributed by atoms with Gasteiger partial charge in [0.25, 0.3) is 0 Å². The fraction of sp³-hybridized carbons (Fsp3) is 0.791. The number of ether oxygens (including phenoxy) is 1. The van der Waals surface area contributed by atoms with Crippen LogP contribution in [0.5, 0.6) is 0 Å². The summed E-state index contributed by atoms with van der Waals surface area (Å²) in [6.07, 6.45) is 2.15. The molecule has 1 rings (SSSR count). The number of allylic oxidation sites excluding steroid dienone is 2. The second-order valence-corrected chi connectivity index (χ2v) is 27.5. The summed E-state index contributed by atoms with van der Waals surface area (Å²) < 4.78 is 5.94. The molecular formula is C67H116N8O14. The van der Waals surface area contributed by atoms with Gasteiger partial charge in [-0.2, -0.15) is 0 Å². The average Bonchev–Trinajstić information content (AvgIpc) is 0.924. The molecule has 22 heteroatoms. The van der Waals surface area contributed by atoms with Crippen molar-refractivity contribution >= 4 is 70.6 Å². The molecule has 0 bridgehead atoms. The summed E-state index contributed by atoms with van der Waals surface area (Å²) >= 11 is 0. The monoisotopic (exact) mass is 1260 g/mol. The third-order valence-corrected chi connectivity index (χ3v) is 17.8. The van der Waals surface area contributed by atoms with Gasteiger partial charge in [0.2, 0.25) is 47.3 Å². The highest BCUT2D eigenvalue weighted by molar-refractivity contribution is 6.00. The van der Waals surface area contributed by atoms with Crippen LogP contribution in [0.4, 0.5) is 0 Å². The lowest BCUT2D eigenvalue weighted by Gasteiger charge is -2.42. The maximum atomic E-state index is 15.4. The van der Waals surface area contributed by atoms with E-state index in [0.717, 1.165) is 14.7 Å². The summed E-state index contributed by atoms with van der Waals surface area (Å²) in [6, 6.07) is -10.1. The Morgan fingerprint density at radius 2 is 0.978 bits per heavy atom. The number of nitrogens with one attached hydrogen (secondary N) is 1. The summed E-state index contributed by atoms with van der Waals surface area (Å²) in [5.41, 5.74) is 0. The number of esters is 1. The van der Waals surface area contributed by atoms with Gasteiger partial charge in [-0.15, -0.1) is 0 Å². The topological polar surface area (TPSA) is 269 Å². The van der Waals surface area contributed by atoms with E-state index < -0.39 is 167 Å². The molecule has 0 aromatic carbocycles. The van der Waals surface area contributed by atoms with Crippen molar-refractivity contribution in [2.24, 2.45) is 59.2 Å². The van der Waals surface area contributed by atoms with Crippen LogP contribution in [0.3, 0.4) is 0 Å². The van der Waals surface area contributed by atoms with Crippen molar-refractivity contribution in [1.29, 1.82) is 0 Å². The van der Waals surface area contributed by atoms with E-state index in [-0.39, 0.29) is 74.9 Å². The van der Waals surface area contributed by atoms with Crippen molar-refractivity contribution in [3.63, 3.8) is 0 Å². The van der Waals surface area contributed by atoms with Gasteiger partial charge in [0.1, 0.15) is 48.1 Å². The van der Waals surface area contributed by atoms with Crippen molar-refractivity contribution in [2.75, 3.05) is 55.9 Å². The number of carbonyl (C=O) groups is 12. The molecule has 0 spiro atoms. The third kappa shape index (κ3) is 22.1. The molecule has 0 aliphatic carbocycles. The smallest absolute Gasteiger partial charge is 0.303 e. The van der Waals surface area contributed by atoms with E-state index in [1.807, 2.05) is 47.6 Å². The Balaban J connectivity index is 4.49. The summed E-state index contributed by atoms with van der Waals surface area (Å²) in [5.74, 6) is -13.2. The van der Waals surface area contributed by atoms with Gasteiger partial charge in [-0.3, -0.25) is 57.5 Å². The fourth-order valence-electron chi connectivity index (χ4n) is 12.1. The molecule has 0 unspecified atom stereocenters. The van der Waals surface area contributed by atoms with E-state index in [1.54, 1.807) is 75.3 Å². The van der Waals surface area contributed by atoms with Gasteiger partial charge in [-0.25, -0.2) is 0 Å². The molecule has 1 fully saturated rings. The highest BCUT2D eigenvalue weighted by Gasteiger charge is 2.47. The Labute approximate surface area is 533 Å². The zero-order valence-corrected chi connectivity index (χ0v) is 58.9. The van der Waals surface area contributed by atoms with Crippen LogP contribution in [0.15, 0.2) is 12.2 Å². The number of carbonyl (C=O) groups excluding carboxylic acids is 12. The highest BCUT2D eigenvalue weighted by atomic mass is 16.5. The lowest BCUT2D eigenvalue weighted by Crippen LogP contribution is -2.64. The molecule has 2 N–H and O–H groups in total. The van der Waals surface area contributed by atoms with Crippen LogP contribution in [0.1, 0.15) is 176 Å². The van der Waals surface area contributed by atoms with Gasteiger partial charge in [0.05, 0.1) is 12.1 Å². The molecule has 1 aliphatic rings. The Kier molecular flexibility index (Phi) is 33.4.